The molecule has 0 atom stereocenters. The van der Waals surface area contributed by atoms with Crippen LogP contribution >= 0.6 is 11.6 Å². The lowest BCUT2D eigenvalue weighted by atomic mass is 9.94. The summed E-state index contributed by atoms with van der Waals surface area (Å²) in [7, 11) is 0. The van der Waals surface area contributed by atoms with E-state index < -0.39 is 18.8 Å². The highest BCUT2D eigenvalue weighted by atomic mass is 35.5. The maximum Gasteiger partial charge on any atom is 0.256 e. The largest absolute Gasteiger partial charge is 0.334 e. The minimum Gasteiger partial charge on any atom is -0.334 e. The van der Waals surface area contributed by atoms with Crippen LogP contribution in [0.25, 0.3) is 11.3 Å². The molecule has 142 valence electrons. The Balaban J connectivity index is 0.00000126. The molecule has 0 amide bonds. The van der Waals surface area contributed by atoms with Crippen molar-refractivity contribution in [2.45, 2.75) is 20.3 Å². The maximum absolute atomic E-state index is 14.5. The summed E-state index contributed by atoms with van der Waals surface area (Å²) in [5.41, 5.74) is 2.11. The summed E-state index contributed by atoms with van der Waals surface area (Å²) in [6.45, 7) is 7.18. The monoisotopic (exact) mass is 391 g/mol. The highest BCUT2D eigenvalue weighted by molar-refractivity contribution is 6.33. The molecule has 0 saturated heterocycles. The van der Waals surface area contributed by atoms with Crippen molar-refractivity contribution < 1.29 is 13.2 Å². The molecule has 1 nitrogen and oxygen atoms in total. The first-order valence-corrected chi connectivity index (χ1v) is 9.03. The van der Waals surface area contributed by atoms with Gasteiger partial charge in [0.05, 0.1) is 23.0 Å². The summed E-state index contributed by atoms with van der Waals surface area (Å²) in [4.78, 5) is 1.29. The van der Waals surface area contributed by atoms with Crippen molar-refractivity contribution in [1.29, 1.82) is 0 Å². The molecule has 2 aromatic rings. The van der Waals surface area contributed by atoms with Gasteiger partial charge in [-0.2, -0.15) is 0 Å². The third-order valence-corrected chi connectivity index (χ3v) is 4.26. The molecule has 27 heavy (non-hydrogen) atoms. The summed E-state index contributed by atoms with van der Waals surface area (Å²) in [5, 5.41) is 0.250. The summed E-state index contributed by atoms with van der Waals surface area (Å²) in [5.74, 6) is -0.496. The Hall–Kier alpha value is -2.46. The van der Waals surface area contributed by atoms with Crippen LogP contribution in [0, 0.1) is 5.82 Å². The predicted octanol–water partition coefficient (Wildman–Crippen LogP) is 6.94. The zero-order valence-corrected chi connectivity index (χ0v) is 16.0. The lowest BCUT2D eigenvalue weighted by Crippen LogP contribution is -2.30. The second-order valence-electron chi connectivity index (χ2n) is 5.55. The van der Waals surface area contributed by atoms with E-state index in [2.05, 4.69) is 6.58 Å². The number of hydrogen-bond donors (Lipinski definition) is 0. The first-order chi connectivity index (χ1) is 13.0. The molecule has 1 heterocycles. The third kappa shape index (κ3) is 4.64. The zero-order valence-electron chi connectivity index (χ0n) is 15.2. The Labute approximate surface area is 163 Å². The Morgan fingerprint density at radius 3 is 2.19 bits per heavy atom. The Morgan fingerprint density at radius 2 is 1.59 bits per heavy atom. The van der Waals surface area contributed by atoms with Crippen molar-refractivity contribution in [3.05, 3.63) is 94.9 Å². The fourth-order valence-corrected chi connectivity index (χ4v) is 3.02. The van der Waals surface area contributed by atoms with Gasteiger partial charge < -0.3 is 4.90 Å². The van der Waals surface area contributed by atoms with Crippen LogP contribution in [0.4, 0.5) is 13.2 Å². The van der Waals surface area contributed by atoms with Crippen LogP contribution in [0.15, 0.2) is 78.0 Å². The number of alkyl halides is 2. The van der Waals surface area contributed by atoms with E-state index in [9.17, 15) is 13.2 Å². The van der Waals surface area contributed by atoms with Gasteiger partial charge in [0.15, 0.2) is 0 Å². The zero-order chi connectivity index (χ0) is 20.0. The van der Waals surface area contributed by atoms with Gasteiger partial charge in [-0.05, 0) is 23.8 Å². The van der Waals surface area contributed by atoms with E-state index in [1.54, 1.807) is 24.3 Å². The Bertz CT molecular complexity index is 857. The van der Waals surface area contributed by atoms with E-state index >= 15 is 0 Å². The van der Waals surface area contributed by atoms with Crippen LogP contribution < -0.4 is 0 Å². The molecule has 1 aliphatic rings. The van der Waals surface area contributed by atoms with Gasteiger partial charge in [-0.3, -0.25) is 0 Å². The van der Waals surface area contributed by atoms with Gasteiger partial charge in [0, 0.05) is 11.1 Å². The SMILES string of the molecule is C=C1C(Cl)=CC(c2ccccc2)=C(c2ccccc2F)N1CC(F)F.CC. The van der Waals surface area contributed by atoms with E-state index in [-0.39, 0.29) is 16.3 Å². The molecule has 0 aromatic heterocycles. The van der Waals surface area contributed by atoms with Gasteiger partial charge in [-0.15, -0.1) is 0 Å². The molecular formula is C22H21ClF3N. The molecule has 5 heteroatoms. The van der Waals surface area contributed by atoms with Crippen molar-refractivity contribution in [3.63, 3.8) is 0 Å². The van der Waals surface area contributed by atoms with Crippen molar-refractivity contribution >= 4 is 22.9 Å². The van der Waals surface area contributed by atoms with Gasteiger partial charge in [0.1, 0.15) is 5.82 Å². The lowest BCUT2D eigenvalue weighted by molar-refractivity contribution is 0.123. The van der Waals surface area contributed by atoms with Gasteiger partial charge >= 0.3 is 0 Å². The van der Waals surface area contributed by atoms with Crippen LogP contribution in [0.5, 0.6) is 0 Å². The molecule has 3 rings (SSSR count). The summed E-state index contributed by atoms with van der Waals surface area (Å²) in [6.07, 6.45) is -0.985. The Morgan fingerprint density at radius 1 is 1.00 bits per heavy atom. The molecule has 0 unspecified atom stereocenters. The van der Waals surface area contributed by atoms with Crippen molar-refractivity contribution in [2.75, 3.05) is 6.54 Å². The van der Waals surface area contributed by atoms with E-state index in [1.165, 1.54) is 11.0 Å². The Kier molecular flexibility index (Phi) is 7.31. The fraction of sp³-hybridized carbons (Fsp3) is 0.182. The van der Waals surface area contributed by atoms with Gasteiger partial charge in [-0.25, -0.2) is 13.2 Å². The second kappa shape index (κ2) is 9.47. The normalized spacial score (nSPS) is 14.1. The van der Waals surface area contributed by atoms with Crippen molar-refractivity contribution in [2.24, 2.45) is 0 Å². The summed E-state index contributed by atoms with van der Waals surface area (Å²) >= 11 is 6.23. The molecule has 0 bridgehead atoms. The van der Waals surface area contributed by atoms with Crippen molar-refractivity contribution in [3.8, 4) is 0 Å². The summed E-state index contributed by atoms with van der Waals surface area (Å²) < 4.78 is 40.8. The fourth-order valence-electron chi connectivity index (χ4n) is 2.81. The van der Waals surface area contributed by atoms with E-state index in [4.69, 9.17) is 11.6 Å². The van der Waals surface area contributed by atoms with E-state index in [1.807, 2.05) is 44.2 Å². The van der Waals surface area contributed by atoms with Crippen LogP contribution in [-0.2, 0) is 0 Å². The molecule has 0 N–H and O–H groups in total. The topological polar surface area (TPSA) is 3.24 Å². The maximum atomic E-state index is 14.5. The third-order valence-electron chi connectivity index (χ3n) is 3.93. The molecule has 2 aromatic carbocycles. The smallest absolute Gasteiger partial charge is 0.256 e. The summed E-state index contributed by atoms with van der Waals surface area (Å²) in [6, 6.07) is 15.2. The number of halogens is 4. The molecule has 0 aliphatic carbocycles. The van der Waals surface area contributed by atoms with E-state index in [0.29, 0.717) is 11.3 Å². The minimum absolute atomic E-state index is 0.222. The molecular weight excluding hydrogens is 371 g/mol. The first-order valence-electron chi connectivity index (χ1n) is 8.66. The second-order valence-corrected chi connectivity index (χ2v) is 5.96. The predicted molar refractivity (Wildman–Crippen MR) is 107 cm³/mol. The van der Waals surface area contributed by atoms with Gasteiger partial charge in [-0.1, -0.05) is 74.5 Å². The molecule has 0 spiro atoms. The van der Waals surface area contributed by atoms with E-state index in [0.717, 1.165) is 5.56 Å². The number of rotatable bonds is 4. The van der Waals surface area contributed by atoms with Gasteiger partial charge in [0.2, 0.25) is 0 Å². The lowest BCUT2D eigenvalue weighted by Gasteiger charge is -2.34. The first kappa shape index (κ1) is 20.8. The average Bonchev–Trinajstić information content (AvgIpc) is 2.68. The molecule has 0 fully saturated rings. The minimum atomic E-state index is -2.63. The van der Waals surface area contributed by atoms with Crippen LogP contribution in [0.1, 0.15) is 25.0 Å². The number of allylic oxidation sites excluding steroid dienone is 3. The number of hydrogen-bond acceptors (Lipinski definition) is 1. The van der Waals surface area contributed by atoms with Gasteiger partial charge in [0.25, 0.3) is 6.43 Å². The molecule has 0 radical (unpaired) electrons. The standard InChI is InChI=1S/C20H15ClF3N.C2H6/c1-13-17(21)11-16(14-7-3-2-4-8-14)20(25(13)12-19(23)24)15-9-5-6-10-18(15)22;1-2/h2-11,19H,1,12H2;1-2H3. The number of benzene rings is 2. The van der Waals surface area contributed by atoms with Crippen LogP contribution in [0.3, 0.4) is 0 Å². The molecule has 1 aliphatic heterocycles. The highest BCUT2D eigenvalue weighted by Crippen LogP contribution is 2.41. The quantitative estimate of drug-likeness (QED) is 0.545. The molecule has 0 saturated carbocycles. The highest BCUT2D eigenvalue weighted by Gasteiger charge is 2.29. The average molecular weight is 392 g/mol. The van der Waals surface area contributed by atoms with Crippen LogP contribution in [0.2, 0.25) is 0 Å². The number of nitrogens with zero attached hydrogens (tertiary/aromatic N) is 1. The van der Waals surface area contributed by atoms with Crippen molar-refractivity contribution in [1.82, 2.24) is 4.90 Å². The van der Waals surface area contributed by atoms with Crippen LogP contribution in [-0.4, -0.2) is 17.9 Å².